The molecular formula is C14H7BrClNO3S. The summed E-state index contributed by atoms with van der Waals surface area (Å²) in [6, 6.07) is 6.98. The highest BCUT2D eigenvalue weighted by Gasteiger charge is 2.14. The lowest BCUT2D eigenvalue weighted by Crippen LogP contribution is -1.91. The molecule has 4 nitrogen and oxygen atoms in total. The molecule has 2 heterocycles. The van der Waals surface area contributed by atoms with Gasteiger partial charge in [0.15, 0.2) is 5.76 Å². The Morgan fingerprint density at radius 2 is 2.19 bits per heavy atom. The van der Waals surface area contributed by atoms with Crippen molar-refractivity contribution in [1.82, 2.24) is 4.98 Å². The van der Waals surface area contributed by atoms with Crippen LogP contribution >= 0.6 is 38.9 Å². The zero-order chi connectivity index (χ0) is 15.0. The van der Waals surface area contributed by atoms with Crippen LogP contribution in [0, 0.1) is 0 Å². The summed E-state index contributed by atoms with van der Waals surface area (Å²) in [4.78, 5) is 15.3. The maximum Gasteiger partial charge on any atom is 0.338 e. The number of hydrogen-bond donors (Lipinski definition) is 1. The molecule has 0 aliphatic carbocycles. The van der Waals surface area contributed by atoms with Crippen molar-refractivity contribution in [2.24, 2.45) is 0 Å². The van der Waals surface area contributed by atoms with Gasteiger partial charge in [0.2, 0.25) is 0 Å². The van der Waals surface area contributed by atoms with Crippen LogP contribution in [0.4, 0.5) is 0 Å². The topological polar surface area (TPSA) is 63.3 Å². The number of aromatic carboxylic acids is 1. The Bertz CT molecular complexity index is 827. The number of benzene rings is 1. The maximum atomic E-state index is 10.9. The third-order valence-electron chi connectivity index (χ3n) is 2.76. The van der Waals surface area contributed by atoms with E-state index in [-0.39, 0.29) is 5.56 Å². The molecule has 0 aliphatic heterocycles. The van der Waals surface area contributed by atoms with Gasteiger partial charge >= 0.3 is 5.97 Å². The standard InChI is InChI=1S/C14H7BrClNO3S/c15-8-1-2-10(16)9(4-8)13-17-11(6-21-13)12-3-7(5-20-12)14(18)19/h1-6H,(H,18,19). The van der Waals surface area contributed by atoms with E-state index >= 15 is 0 Å². The Labute approximate surface area is 137 Å². The van der Waals surface area contributed by atoms with Crippen molar-refractivity contribution in [2.45, 2.75) is 0 Å². The van der Waals surface area contributed by atoms with Gasteiger partial charge in [-0.25, -0.2) is 9.78 Å². The van der Waals surface area contributed by atoms with Gasteiger partial charge in [0.1, 0.15) is 17.0 Å². The Morgan fingerprint density at radius 1 is 1.38 bits per heavy atom. The fourth-order valence-electron chi connectivity index (χ4n) is 1.75. The molecule has 0 saturated heterocycles. The van der Waals surface area contributed by atoms with Gasteiger partial charge in [0.05, 0.1) is 10.6 Å². The molecule has 0 spiro atoms. The summed E-state index contributed by atoms with van der Waals surface area (Å²) in [5, 5.41) is 12.0. The number of thiazole rings is 1. The minimum absolute atomic E-state index is 0.0973. The summed E-state index contributed by atoms with van der Waals surface area (Å²) in [5.41, 5.74) is 1.49. The van der Waals surface area contributed by atoms with Crippen LogP contribution in [-0.2, 0) is 0 Å². The molecule has 21 heavy (non-hydrogen) atoms. The summed E-state index contributed by atoms with van der Waals surface area (Å²) >= 11 is 11.0. The highest BCUT2D eigenvalue weighted by molar-refractivity contribution is 9.10. The third kappa shape index (κ3) is 2.88. The van der Waals surface area contributed by atoms with E-state index in [0.29, 0.717) is 16.5 Å². The molecule has 0 amide bonds. The Kier molecular flexibility index (Phi) is 3.84. The number of nitrogens with zero attached hydrogens (tertiary/aromatic N) is 1. The van der Waals surface area contributed by atoms with Gasteiger partial charge in [-0.15, -0.1) is 11.3 Å². The maximum absolute atomic E-state index is 10.9. The highest BCUT2D eigenvalue weighted by Crippen LogP contribution is 2.35. The van der Waals surface area contributed by atoms with E-state index < -0.39 is 5.97 Å². The van der Waals surface area contributed by atoms with Gasteiger partial charge in [0, 0.05) is 21.5 Å². The fourth-order valence-corrected chi connectivity index (χ4v) is 3.22. The number of halogens is 2. The van der Waals surface area contributed by atoms with Gasteiger partial charge in [-0.2, -0.15) is 0 Å². The monoisotopic (exact) mass is 383 g/mol. The van der Waals surface area contributed by atoms with Crippen molar-refractivity contribution in [3.05, 3.63) is 51.0 Å². The molecule has 7 heteroatoms. The SMILES string of the molecule is O=C(O)c1coc(-c2csc(-c3cc(Br)ccc3Cl)n2)c1. The molecule has 0 radical (unpaired) electrons. The summed E-state index contributed by atoms with van der Waals surface area (Å²) in [7, 11) is 0. The number of carboxylic acids is 1. The molecule has 2 aromatic heterocycles. The van der Waals surface area contributed by atoms with E-state index in [4.69, 9.17) is 21.1 Å². The third-order valence-corrected chi connectivity index (χ3v) is 4.46. The Morgan fingerprint density at radius 3 is 2.90 bits per heavy atom. The minimum atomic E-state index is -1.03. The molecule has 0 fully saturated rings. The van der Waals surface area contributed by atoms with Crippen LogP contribution in [0.3, 0.4) is 0 Å². The van der Waals surface area contributed by atoms with E-state index in [2.05, 4.69) is 20.9 Å². The van der Waals surface area contributed by atoms with Crippen molar-refractivity contribution in [3.8, 4) is 22.0 Å². The van der Waals surface area contributed by atoms with Gasteiger partial charge in [-0.3, -0.25) is 0 Å². The predicted molar refractivity (Wildman–Crippen MR) is 84.9 cm³/mol. The van der Waals surface area contributed by atoms with Crippen LogP contribution in [-0.4, -0.2) is 16.1 Å². The second-order valence-corrected chi connectivity index (χ2v) is 6.35. The van der Waals surface area contributed by atoms with Crippen LogP contribution in [0.15, 0.2) is 44.8 Å². The molecule has 3 aromatic rings. The lowest BCUT2D eigenvalue weighted by Gasteiger charge is -2.00. The van der Waals surface area contributed by atoms with Crippen LogP contribution in [0.25, 0.3) is 22.0 Å². The second kappa shape index (κ2) is 5.63. The fraction of sp³-hybridized carbons (Fsp3) is 0. The van der Waals surface area contributed by atoms with Crippen LogP contribution in [0.2, 0.25) is 5.02 Å². The van der Waals surface area contributed by atoms with Crippen LogP contribution in [0.5, 0.6) is 0 Å². The molecule has 1 N–H and O–H groups in total. The van der Waals surface area contributed by atoms with Crippen molar-refractivity contribution < 1.29 is 14.3 Å². The van der Waals surface area contributed by atoms with Crippen LogP contribution in [0.1, 0.15) is 10.4 Å². The lowest BCUT2D eigenvalue weighted by molar-refractivity contribution is 0.0696. The van der Waals surface area contributed by atoms with Crippen molar-refractivity contribution in [1.29, 1.82) is 0 Å². The van der Waals surface area contributed by atoms with Gasteiger partial charge in [0.25, 0.3) is 0 Å². The van der Waals surface area contributed by atoms with E-state index in [9.17, 15) is 4.79 Å². The first-order valence-electron chi connectivity index (χ1n) is 5.78. The number of carbonyl (C=O) groups is 1. The van der Waals surface area contributed by atoms with Gasteiger partial charge in [-0.05, 0) is 18.2 Å². The van der Waals surface area contributed by atoms with Crippen LogP contribution < -0.4 is 0 Å². The number of furan rings is 1. The number of rotatable bonds is 3. The molecule has 0 atom stereocenters. The Balaban J connectivity index is 1.99. The first kappa shape index (κ1) is 14.3. The second-order valence-electron chi connectivity index (χ2n) is 4.17. The van der Waals surface area contributed by atoms with Gasteiger partial charge in [-0.1, -0.05) is 27.5 Å². The van der Waals surface area contributed by atoms with E-state index in [1.54, 1.807) is 11.4 Å². The molecule has 106 valence electrons. The zero-order valence-corrected chi connectivity index (χ0v) is 13.5. The highest BCUT2D eigenvalue weighted by atomic mass is 79.9. The van der Waals surface area contributed by atoms with E-state index in [1.165, 1.54) is 23.7 Å². The minimum Gasteiger partial charge on any atom is -0.478 e. The molecule has 1 aromatic carbocycles. The summed E-state index contributed by atoms with van der Waals surface area (Å²) in [6.07, 6.45) is 1.20. The van der Waals surface area contributed by atoms with E-state index in [0.717, 1.165) is 15.0 Å². The average Bonchev–Trinajstić information content (AvgIpc) is 3.09. The quantitative estimate of drug-likeness (QED) is 0.675. The Hall–Kier alpha value is -1.63. The average molecular weight is 385 g/mol. The smallest absolute Gasteiger partial charge is 0.338 e. The molecule has 0 saturated carbocycles. The van der Waals surface area contributed by atoms with Crippen molar-refractivity contribution in [2.75, 3.05) is 0 Å². The predicted octanol–water partition coefficient (Wildman–Crippen LogP) is 5.18. The lowest BCUT2D eigenvalue weighted by atomic mass is 10.2. The molecule has 0 bridgehead atoms. The normalized spacial score (nSPS) is 10.8. The number of carboxylic acid groups (broad SMARTS) is 1. The summed E-state index contributed by atoms with van der Waals surface area (Å²) in [5.74, 6) is -0.614. The van der Waals surface area contributed by atoms with E-state index in [1.807, 2.05) is 12.1 Å². The summed E-state index contributed by atoms with van der Waals surface area (Å²) < 4.78 is 6.14. The first-order chi connectivity index (χ1) is 10.0. The molecular weight excluding hydrogens is 378 g/mol. The molecule has 0 unspecified atom stereocenters. The van der Waals surface area contributed by atoms with Gasteiger partial charge < -0.3 is 9.52 Å². The molecule has 0 aliphatic rings. The number of hydrogen-bond acceptors (Lipinski definition) is 4. The van der Waals surface area contributed by atoms with Crippen molar-refractivity contribution in [3.63, 3.8) is 0 Å². The largest absolute Gasteiger partial charge is 0.478 e. The number of aromatic nitrogens is 1. The van der Waals surface area contributed by atoms with Crippen molar-refractivity contribution >= 4 is 44.8 Å². The summed E-state index contributed by atoms with van der Waals surface area (Å²) in [6.45, 7) is 0. The molecule has 3 rings (SSSR count). The zero-order valence-electron chi connectivity index (χ0n) is 10.3. The first-order valence-corrected chi connectivity index (χ1v) is 7.83.